The second-order valence-electron chi connectivity index (χ2n) is 7.06. The molecule has 0 aliphatic rings. The van der Waals surface area contributed by atoms with Crippen molar-refractivity contribution < 1.29 is 4.79 Å². The Morgan fingerprint density at radius 2 is 1.64 bits per heavy atom. The Balaban J connectivity index is 1.75. The van der Waals surface area contributed by atoms with Crippen molar-refractivity contribution in [3.05, 3.63) is 101 Å². The lowest BCUT2D eigenvalue weighted by atomic mass is 9.99. The van der Waals surface area contributed by atoms with Crippen molar-refractivity contribution >= 4 is 16.8 Å². The quantitative estimate of drug-likeness (QED) is 0.522. The van der Waals surface area contributed by atoms with Crippen molar-refractivity contribution in [2.24, 2.45) is 0 Å². The summed E-state index contributed by atoms with van der Waals surface area (Å²) in [7, 11) is 0. The molecule has 0 spiro atoms. The second kappa shape index (κ2) is 7.65. The van der Waals surface area contributed by atoms with E-state index < -0.39 is 0 Å². The van der Waals surface area contributed by atoms with Crippen LogP contribution in [0.3, 0.4) is 0 Å². The van der Waals surface area contributed by atoms with Crippen LogP contribution in [0, 0.1) is 13.8 Å². The monoisotopic (exact) mass is 366 g/mol. The molecule has 0 saturated heterocycles. The third-order valence-corrected chi connectivity index (χ3v) is 4.91. The van der Waals surface area contributed by atoms with Crippen LogP contribution in [0.2, 0.25) is 0 Å². The normalized spacial score (nSPS) is 10.8. The Labute approximate surface area is 165 Å². The van der Waals surface area contributed by atoms with Gasteiger partial charge in [-0.25, -0.2) is 4.98 Å². The molecule has 1 aromatic heterocycles. The number of nitrogens with zero attached hydrogens (tertiary/aromatic N) is 1. The number of benzene rings is 3. The molecule has 1 N–H and O–H groups in total. The number of fused-ring (bicyclic) bond motifs is 1. The first kappa shape index (κ1) is 17.9. The van der Waals surface area contributed by atoms with Gasteiger partial charge in [0.1, 0.15) is 0 Å². The largest absolute Gasteiger partial charge is 0.348 e. The molecule has 0 bridgehead atoms. The highest BCUT2D eigenvalue weighted by molar-refractivity contribution is 6.07. The fourth-order valence-corrected chi connectivity index (χ4v) is 3.48. The predicted octanol–water partition coefficient (Wildman–Crippen LogP) is 5.45. The minimum absolute atomic E-state index is 0.0894. The number of carbonyl (C=O) groups excluding carboxylic acids is 1. The number of para-hydroxylation sites is 1. The smallest absolute Gasteiger partial charge is 0.252 e. The van der Waals surface area contributed by atoms with Crippen LogP contribution in [0.25, 0.3) is 22.2 Å². The molecule has 4 aromatic rings. The third kappa shape index (κ3) is 3.65. The molecular weight excluding hydrogens is 344 g/mol. The number of nitrogens with one attached hydrogen (secondary N) is 1. The highest BCUT2D eigenvalue weighted by atomic mass is 16.1. The van der Waals surface area contributed by atoms with Crippen LogP contribution in [0.1, 0.15) is 27.0 Å². The summed E-state index contributed by atoms with van der Waals surface area (Å²) in [6, 6.07) is 25.9. The molecule has 1 heterocycles. The van der Waals surface area contributed by atoms with Crippen molar-refractivity contribution in [1.82, 2.24) is 10.3 Å². The molecule has 1 amide bonds. The van der Waals surface area contributed by atoms with Gasteiger partial charge < -0.3 is 5.32 Å². The number of carbonyl (C=O) groups is 1. The van der Waals surface area contributed by atoms with Crippen molar-refractivity contribution in [2.45, 2.75) is 20.4 Å². The minimum atomic E-state index is -0.0894. The molecular formula is C25H22N2O. The summed E-state index contributed by atoms with van der Waals surface area (Å²) in [4.78, 5) is 17.8. The van der Waals surface area contributed by atoms with Crippen LogP contribution in [-0.4, -0.2) is 10.9 Å². The summed E-state index contributed by atoms with van der Waals surface area (Å²) in [5, 5.41) is 3.91. The molecule has 138 valence electrons. The number of hydrogen-bond acceptors (Lipinski definition) is 2. The van der Waals surface area contributed by atoms with Gasteiger partial charge in [0, 0.05) is 17.5 Å². The van der Waals surface area contributed by atoms with Crippen LogP contribution >= 0.6 is 0 Å². The fourth-order valence-electron chi connectivity index (χ4n) is 3.48. The van der Waals surface area contributed by atoms with Crippen molar-refractivity contribution in [2.75, 3.05) is 0 Å². The molecule has 0 fully saturated rings. The van der Waals surface area contributed by atoms with Crippen LogP contribution in [-0.2, 0) is 6.54 Å². The summed E-state index contributed by atoms with van der Waals surface area (Å²) in [6.45, 7) is 4.65. The maximum Gasteiger partial charge on any atom is 0.252 e. The number of rotatable bonds is 4. The van der Waals surface area contributed by atoms with E-state index in [1.165, 1.54) is 5.56 Å². The number of aromatic nitrogens is 1. The summed E-state index contributed by atoms with van der Waals surface area (Å²) in [5.74, 6) is -0.0894. The molecule has 3 heteroatoms. The molecule has 3 aromatic carbocycles. The number of amides is 1. The van der Waals surface area contributed by atoms with Gasteiger partial charge in [-0.3, -0.25) is 4.79 Å². The van der Waals surface area contributed by atoms with Crippen LogP contribution in [0.4, 0.5) is 0 Å². The van der Waals surface area contributed by atoms with Gasteiger partial charge in [-0.15, -0.1) is 0 Å². The zero-order valence-corrected chi connectivity index (χ0v) is 16.1. The van der Waals surface area contributed by atoms with Crippen molar-refractivity contribution in [3.63, 3.8) is 0 Å². The maximum atomic E-state index is 13.0. The zero-order chi connectivity index (χ0) is 19.5. The summed E-state index contributed by atoms with van der Waals surface area (Å²) < 4.78 is 0. The number of aryl methyl sites for hydroxylation is 2. The molecule has 0 saturated carbocycles. The second-order valence-corrected chi connectivity index (χ2v) is 7.06. The van der Waals surface area contributed by atoms with Gasteiger partial charge in [0.15, 0.2) is 0 Å². The molecule has 0 aliphatic heterocycles. The average molecular weight is 366 g/mol. The molecule has 0 aliphatic carbocycles. The standard InChI is InChI=1S/C25H22N2O/c1-17-12-13-20(18(2)14-17)24-15-22(21-10-6-7-11-23(21)27-24)25(28)26-16-19-8-4-3-5-9-19/h3-15H,16H2,1-2H3,(H,26,28). The highest BCUT2D eigenvalue weighted by Crippen LogP contribution is 2.27. The van der Waals surface area contributed by atoms with Crippen molar-refractivity contribution in [1.29, 1.82) is 0 Å². The highest BCUT2D eigenvalue weighted by Gasteiger charge is 2.14. The first-order valence-corrected chi connectivity index (χ1v) is 9.41. The molecule has 28 heavy (non-hydrogen) atoms. The summed E-state index contributed by atoms with van der Waals surface area (Å²) >= 11 is 0. The Morgan fingerprint density at radius 3 is 2.43 bits per heavy atom. The van der Waals surface area contributed by atoms with Gasteiger partial charge in [0.05, 0.1) is 16.8 Å². The van der Waals surface area contributed by atoms with E-state index >= 15 is 0 Å². The van der Waals surface area contributed by atoms with E-state index in [1.807, 2.05) is 60.7 Å². The van der Waals surface area contributed by atoms with Crippen LogP contribution < -0.4 is 5.32 Å². The third-order valence-electron chi connectivity index (χ3n) is 4.91. The Kier molecular flexibility index (Phi) is 4.90. The van der Waals surface area contributed by atoms with E-state index in [2.05, 4.69) is 37.4 Å². The zero-order valence-electron chi connectivity index (χ0n) is 16.1. The molecule has 0 unspecified atom stereocenters. The first-order valence-electron chi connectivity index (χ1n) is 9.41. The molecule has 3 nitrogen and oxygen atoms in total. The van der Waals surface area contributed by atoms with Gasteiger partial charge in [-0.2, -0.15) is 0 Å². The van der Waals surface area contributed by atoms with Crippen LogP contribution in [0.5, 0.6) is 0 Å². The lowest BCUT2D eigenvalue weighted by molar-refractivity contribution is 0.0952. The topological polar surface area (TPSA) is 42.0 Å². The Morgan fingerprint density at radius 1 is 0.893 bits per heavy atom. The molecule has 0 radical (unpaired) electrons. The summed E-state index contributed by atoms with van der Waals surface area (Å²) in [6.07, 6.45) is 0. The van der Waals surface area contributed by atoms with E-state index in [-0.39, 0.29) is 5.91 Å². The Hall–Kier alpha value is -3.46. The van der Waals surface area contributed by atoms with E-state index in [1.54, 1.807) is 0 Å². The fraction of sp³-hybridized carbons (Fsp3) is 0.120. The maximum absolute atomic E-state index is 13.0. The van der Waals surface area contributed by atoms with Gasteiger partial charge in [-0.1, -0.05) is 72.3 Å². The Bertz CT molecular complexity index is 1150. The SMILES string of the molecule is Cc1ccc(-c2cc(C(=O)NCc3ccccc3)c3ccccc3n2)c(C)c1. The average Bonchev–Trinajstić information content (AvgIpc) is 2.72. The van der Waals surface area contributed by atoms with E-state index in [0.717, 1.165) is 33.3 Å². The molecule has 4 rings (SSSR count). The lowest BCUT2D eigenvalue weighted by Gasteiger charge is -2.12. The van der Waals surface area contributed by atoms with Crippen molar-refractivity contribution in [3.8, 4) is 11.3 Å². The molecule has 0 atom stereocenters. The lowest BCUT2D eigenvalue weighted by Crippen LogP contribution is -2.23. The minimum Gasteiger partial charge on any atom is -0.348 e. The van der Waals surface area contributed by atoms with E-state index in [4.69, 9.17) is 4.98 Å². The van der Waals surface area contributed by atoms with Gasteiger partial charge >= 0.3 is 0 Å². The van der Waals surface area contributed by atoms with Gasteiger partial charge in [0.25, 0.3) is 5.91 Å². The van der Waals surface area contributed by atoms with Crippen LogP contribution in [0.15, 0.2) is 78.9 Å². The number of hydrogen-bond donors (Lipinski definition) is 1. The van der Waals surface area contributed by atoms with E-state index in [9.17, 15) is 4.79 Å². The first-order chi connectivity index (χ1) is 13.6. The number of pyridine rings is 1. The predicted molar refractivity (Wildman–Crippen MR) is 114 cm³/mol. The van der Waals surface area contributed by atoms with Gasteiger partial charge in [0.2, 0.25) is 0 Å². The van der Waals surface area contributed by atoms with Gasteiger partial charge in [-0.05, 0) is 37.1 Å². The van der Waals surface area contributed by atoms with E-state index in [0.29, 0.717) is 12.1 Å². The summed E-state index contributed by atoms with van der Waals surface area (Å²) in [5.41, 5.74) is 6.78.